The molecule has 0 saturated heterocycles. The Morgan fingerprint density at radius 2 is 1.79 bits per heavy atom. The zero-order valence-electron chi connectivity index (χ0n) is 16.0. The Labute approximate surface area is 164 Å². The zero-order chi connectivity index (χ0) is 19.5. The van der Waals surface area contributed by atoms with Crippen LogP contribution in [0.5, 0.6) is 11.5 Å². The van der Waals surface area contributed by atoms with E-state index in [0.29, 0.717) is 12.1 Å². The van der Waals surface area contributed by atoms with Crippen molar-refractivity contribution in [1.82, 2.24) is 14.8 Å². The number of hydrogen-bond acceptors (Lipinski definition) is 4. The normalized spacial score (nSPS) is 13.5. The van der Waals surface area contributed by atoms with E-state index in [4.69, 9.17) is 9.47 Å². The Kier molecular flexibility index (Phi) is 5.04. The van der Waals surface area contributed by atoms with Crippen molar-refractivity contribution in [2.45, 2.75) is 6.04 Å². The van der Waals surface area contributed by atoms with Crippen molar-refractivity contribution >= 4 is 5.91 Å². The molecule has 1 unspecified atom stereocenters. The van der Waals surface area contributed by atoms with Crippen LogP contribution in [0.1, 0.15) is 22.0 Å². The average Bonchev–Trinajstić information content (AvgIpc) is 3.39. The van der Waals surface area contributed by atoms with Crippen LogP contribution in [-0.4, -0.2) is 42.8 Å². The van der Waals surface area contributed by atoms with Crippen LogP contribution in [0.4, 0.5) is 0 Å². The molecule has 1 aromatic heterocycles. The number of nitrogens with zero attached hydrogens (tertiary/aromatic N) is 2. The Morgan fingerprint density at radius 3 is 2.50 bits per heavy atom. The molecule has 4 rings (SSSR count). The molecule has 1 aliphatic rings. The number of fused-ring (bicyclic) bond motifs is 1. The molecule has 2 heterocycles. The molecule has 0 aliphatic carbocycles. The minimum atomic E-state index is -0.0911. The van der Waals surface area contributed by atoms with Gasteiger partial charge in [0.2, 0.25) is 6.79 Å². The number of nitrogens with one attached hydrogen (secondary N) is 1. The van der Waals surface area contributed by atoms with Gasteiger partial charge in [0.05, 0.1) is 6.04 Å². The van der Waals surface area contributed by atoms with Crippen LogP contribution in [0.2, 0.25) is 0 Å². The van der Waals surface area contributed by atoms with Crippen LogP contribution in [0.25, 0.3) is 5.69 Å². The Hall–Kier alpha value is -3.25. The molecule has 0 radical (unpaired) electrons. The smallest absolute Gasteiger partial charge is 0.251 e. The second-order valence-corrected chi connectivity index (χ2v) is 6.94. The molecule has 0 bridgehead atoms. The van der Waals surface area contributed by atoms with E-state index in [-0.39, 0.29) is 18.7 Å². The fourth-order valence-corrected chi connectivity index (χ4v) is 3.30. The van der Waals surface area contributed by atoms with Gasteiger partial charge < -0.3 is 24.3 Å². The number of aromatic nitrogens is 1. The summed E-state index contributed by atoms with van der Waals surface area (Å²) in [6.45, 7) is 0.742. The first-order valence-corrected chi connectivity index (χ1v) is 9.19. The van der Waals surface area contributed by atoms with Gasteiger partial charge in [0.15, 0.2) is 11.5 Å². The van der Waals surface area contributed by atoms with Gasteiger partial charge in [-0.1, -0.05) is 6.07 Å². The number of amides is 1. The highest BCUT2D eigenvalue weighted by Gasteiger charge is 2.20. The molecule has 144 valence electrons. The minimum absolute atomic E-state index is 0.0256. The lowest BCUT2D eigenvalue weighted by atomic mass is 10.0. The molecule has 3 aromatic rings. The van der Waals surface area contributed by atoms with Gasteiger partial charge in [0, 0.05) is 30.2 Å². The summed E-state index contributed by atoms with van der Waals surface area (Å²) in [5.74, 6) is 1.41. The van der Waals surface area contributed by atoms with Gasteiger partial charge >= 0.3 is 0 Å². The van der Waals surface area contributed by atoms with Gasteiger partial charge in [-0.3, -0.25) is 4.79 Å². The van der Waals surface area contributed by atoms with Crippen LogP contribution in [0.15, 0.2) is 67.0 Å². The summed E-state index contributed by atoms with van der Waals surface area (Å²) in [6.07, 6.45) is 3.95. The summed E-state index contributed by atoms with van der Waals surface area (Å²) in [7, 11) is 3.99. The van der Waals surface area contributed by atoms with Crippen LogP contribution in [-0.2, 0) is 0 Å². The molecule has 1 N–H and O–H groups in total. The predicted octanol–water partition coefficient (Wildman–Crippen LogP) is 3.24. The molecule has 2 aromatic carbocycles. The third-order valence-electron chi connectivity index (χ3n) is 4.89. The lowest BCUT2D eigenvalue weighted by Gasteiger charge is -2.25. The summed E-state index contributed by atoms with van der Waals surface area (Å²) >= 11 is 0. The largest absolute Gasteiger partial charge is 0.454 e. The average molecular weight is 377 g/mol. The molecular weight excluding hydrogens is 354 g/mol. The quantitative estimate of drug-likeness (QED) is 0.717. The number of benzene rings is 2. The Balaban J connectivity index is 1.43. The maximum atomic E-state index is 12.6. The molecule has 6 nitrogen and oxygen atoms in total. The number of likely N-dealkylation sites (N-methyl/N-ethyl adjacent to an activating group) is 1. The number of carbonyl (C=O) groups excluding carboxylic acids is 1. The van der Waals surface area contributed by atoms with Crippen LogP contribution < -0.4 is 14.8 Å². The third-order valence-corrected chi connectivity index (χ3v) is 4.89. The van der Waals surface area contributed by atoms with E-state index in [1.807, 2.05) is 85.7 Å². The molecule has 1 aliphatic heterocycles. The minimum Gasteiger partial charge on any atom is -0.454 e. The first kappa shape index (κ1) is 18.1. The second kappa shape index (κ2) is 7.78. The van der Waals surface area contributed by atoms with E-state index in [1.165, 1.54) is 0 Å². The van der Waals surface area contributed by atoms with Gasteiger partial charge in [-0.2, -0.15) is 0 Å². The highest BCUT2D eigenvalue weighted by Crippen LogP contribution is 2.34. The number of carbonyl (C=O) groups is 1. The van der Waals surface area contributed by atoms with Gasteiger partial charge in [0.1, 0.15) is 0 Å². The van der Waals surface area contributed by atoms with Gasteiger partial charge in [-0.25, -0.2) is 0 Å². The highest BCUT2D eigenvalue weighted by molar-refractivity contribution is 5.94. The maximum absolute atomic E-state index is 12.6. The summed E-state index contributed by atoms with van der Waals surface area (Å²) < 4.78 is 12.9. The van der Waals surface area contributed by atoms with E-state index in [0.717, 1.165) is 22.7 Å². The summed E-state index contributed by atoms with van der Waals surface area (Å²) in [6, 6.07) is 17.4. The Bertz CT molecular complexity index is 950. The standard InChI is InChI=1S/C22H23N3O3/c1-24(2)19(17-7-10-20-21(13-17)28-15-27-20)14-23-22(26)16-5-8-18(9-6-16)25-11-3-4-12-25/h3-13,19H,14-15H2,1-2H3,(H,23,26). The molecule has 0 spiro atoms. The molecule has 6 heteroatoms. The maximum Gasteiger partial charge on any atom is 0.251 e. The van der Waals surface area contributed by atoms with Gasteiger partial charge in [-0.05, 0) is 68.2 Å². The molecule has 0 fully saturated rings. The van der Waals surface area contributed by atoms with E-state index < -0.39 is 0 Å². The van der Waals surface area contributed by atoms with Crippen molar-refractivity contribution in [3.05, 3.63) is 78.1 Å². The van der Waals surface area contributed by atoms with E-state index in [9.17, 15) is 4.79 Å². The fraction of sp³-hybridized carbons (Fsp3) is 0.227. The summed E-state index contributed by atoms with van der Waals surface area (Å²) in [5.41, 5.74) is 2.73. The number of hydrogen-bond donors (Lipinski definition) is 1. The van der Waals surface area contributed by atoms with Crippen molar-refractivity contribution in [3.8, 4) is 17.2 Å². The van der Waals surface area contributed by atoms with Gasteiger partial charge in [0.25, 0.3) is 5.91 Å². The summed E-state index contributed by atoms with van der Waals surface area (Å²) in [5, 5.41) is 3.04. The lowest BCUT2D eigenvalue weighted by molar-refractivity contribution is 0.0942. The molecular formula is C22H23N3O3. The van der Waals surface area contributed by atoms with Crippen molar-refractivity contribution in [2.24, 2.45) is 0 Å². The van der Waals surface area contributed by atoms with E-state index >= 15 is 0 Å². The van der Waals surface area contributed by atoms with Crippen molar-refractivity contribution < 1.29 is 14.3 Å². The van der Waals surface area contributed by atoms with Crippen LogP contribution in [0.3, 0.4) is 0 Å². The molecule has 0 saturated carbocycles. The zero-order valence-corrected chi connectivity index (χ0v) is 16.0. The summed E-state index contributed by atoms with van der Waals surface area (Å²) in [4.78, 5) is 14.7. The monoisotopic (exact) mass is 377 g/mol. The number of rotatable bonds is 6. The third kappa shape index (κ3) is 3.73. The van der Waals surface area contributed by atoms with Gasteiger partial charge in [-0.15, -0.1) is 0 Å². The Morgan fingerprint density at radius 1 is 1.07 bits per heavy atom. The molecule has 1 amide bonds. The highest BCUT2D eigenvalue weighted by atomic mass is 16.7. The van der Waals surface area contributed by atoms with Crippen LogP contribution >= 0.6 is 0 Å². The van der Waals surface area contributed by atoms with Crippen molar-refractivity contribution in [2.75, 3.05) is 27.4 Å². The SMILES string of the molecule is CN(C)C(CNC(=O)c1ccc(-n2cccc2)cc1)c1ccc2c(c1)OCO2. The number of ether oxygens (including phenoxy) is 2. The van der Waals surface area contributed by atoms with E-state index in [1.54, 1.807) is 0 Å². The second-order valence-electron chi connectivity index (χ2n) is 6.94. The topological polar surface area (TPSA) is 55.7 Å². The van der Waals surface area contributed by atoms with Crippen LogP contribution in [0, 0.1) is 0 Å². The first-order chi connectivity index (χ1) is 13.6. The van der Waals surface area contributed by atoms with E-state index in [2.05, 4.69) is 10.2 Å². The molecule has 1 atom stereocenters. The van der Waals surface area contributed by atoms with Crippen molar-refractivity contribution in [1.29, 1.82) is 0 Å². The predicted molar refractivity (Wildman–Crippen MR) is 107 cm³/mol. The fourth-order valence-electron chi connectivity index (χ4n) is 3.30. The first-order valence-electron chi connectivity index (χ1n) is 9.19. The van der Waals surface area contributed by atoms with Crippen molar-refractivity contribution in [3.63, 3.8) is 0 Å². The molecule has 28 heavy (non-hydrogen) atoms. The lowest BCUT2D eigenvalue weighted by Crippen LogP contribution is -2.34.